The van der Waals surface area contributed by atoms with Crippen molar-refractivity contribution in [1.82, 2.24) is 14.7 Å². The van der Waals surface area contributed by atoms with E-state index in [1.54, 1.807) is 0 Å². The maximum absolute atomic E-state index is 12.4. The summed E-state index contributed by atoms with van der Waals surface area (Å²) >= 11 is 0. The normalized spacial score (nSPS) is 25.4. The summed E-state index contributed by atoms with van der Waals surface area (Å²) in [6, 6.07) is 0.852. The lowest BCUT2D eigenvalue weighted by molar-refractivity contribution is 0.0771. The average Bonchev–Trinajstić information content (AvgIpc) is 2.64. The van der Waals surface area contributed by atoms with Gasteiger partial charge in [0, 0.05) is 38.8 Å². The summed E-state index contributed by atoms with van der Waals surface area (Å²) in [7, 11) is 0. The molecule has 4 heteroatoms. The lowest BCUT2D eigenvalue weighted by atomic mass is 10.1. The Kier molecular flexibility index (Phi) is 4.87. The minimum absolute atomic E-state index is 0.240. The molecule has 0 radical (unpaired) electrons. The van der Waals surface area contributed by atoms with Gasteiger partial charge >= 0.3 is 6.03 Å². The van der Waals surface area contributed by atoms with E-state index in [-0.39, 0.29) is 6.03 Å². The predicted octanol–water partition coefficient (Wildman–Crippen LogP) is 2.01. The zero-order chi connectivity index (χ0) is 13.0. The van der Waals surface area contributed by atoms with Crippen LogP contribution in [0.4, 0.5) is 4.79 Å². The highest BCUT2D eigenvalue weighted by molar-refractivity contribution is 5.74. The second-order valence-corrected chi connectivity index (χ2v) is 5.44. The van der Waals surface area contributed by atoms with Gasteiger partial charge in [0.05, 0.1) is 0 Å². The zero-order valence-electron chi connectivity index (χ0n) is 11.9. The summed E-state index contributed by atoms with van der Waals surface area (Å²) in [5.74, 6) is 0. The van der Waals surface area contributed by atoms with Gasteiger partial charge in [-0.15, -0.1) is 0 Å². The van der Waals surface area contributed by atoms with Gasteiger partial charge in [-0.05, 0) is 33.2 Å². The van der Waals surface area contributed by atoms with Crippen molar-refractivity contribution >= 4 is 6.03 Å². The van der Waals surface area contributed by atoms with E-state index in [0.717, 1.165) is 32.7 Å². The molecule has 18 heavy (non-hydrogen) atoms. The van der Waals surface area contributed by atoms with Gasteiger partial charge in [0.15, 0.2) is 0 Å². The van der Waals surface area contributed by atoms with Gasteiger partial charge in [0.1, 0.15) is 0 Å². The molecule has 0 aliphatic carbocycles. The largest absolute Gasteiger partial charge is 0.325 e. The van der Waals surface area contributed by atoms with E-state index in [1.165, 1.54) is 32.2 Å². The van der Waals surface area contributed by atoms with Crippen LogP contribution in [-0.4, -0.2) is 66.0 Å². The Bertz CT molecular complexity index is 278. The Morgan fingerprint density at radius 2 is 1.89 bits per heavy atom. The Hall–Kier alpha value is -0.770. The van der Waals surface area contributed by atoms with Crippen molar-refractivity contribution in [1.29, 1.82) is 0 Å². The molecule has 4 nitrogen and oxygen atoms in total. The maximum atomic E-state index is 12.4. The van der Waals surface area contributed by atoms with Crippen molar-refractivity contribution in [3.63, 3.8) is 0 Å². The topological polar surface area (TPSA) is 26.8 Å². The molecule has 1 atom stereocenters. The van der Waals surface area contributed by atoms with Crippen LogP contribution in [0.1, 0.15) is 39.5 Å². The number of amides is 2. The number of carbonyl (C=O) groups is 1. The van der Waals surface area contributed by atoms with Crippen LogP contribution in [-0.2, 0) is 0 Å². The number of piperazine rings is 1. The third-order valence-corrected chi connectivity index (χ3v) is 4.39. The highest BCUT2D eigenvalue weighted by Crippen LogP contribution is 2.21. The van der Waals surface area contributed by atoms with Gasteiger partial charge in [-0.3, -0.25) is 4.90 Å². The number of carbonyl (C=O) groups excluding carboxylic acids is 1. The second kappa shape index (κ2) is 6.41. The fourth-order valence-corrected chi connectivity index (χ4v) is 3.20. The van der Waals surface area contributed by atoms with Crippen molar-refractivity contribution in [2.45, 2.75) is 45.6 Å². The molecule has 0 aromatic rings. The number of fused-ring (bicyclic) bond motifs is 1. The lowest BCUT2D eigenvalue weighted by Crippen LogP contribution is -2.57. The SMILES string of the molecule is CCN(CC)C(=O)N1CCN2CCCCCC2C1. The molecule has 0 N–H and O–H groups in total. The molecule has 2 amide bonds. The van der Waals surface area contributed by atoms with Crippen LogP contribution in [0, 0.1) is 0 Å². The molecule has 1 unspecified atom stereocenters. The molecule has 0 saturated carbocycles. The average molecular weight is 253 g/mol. The molecular formula is C14H27N3O. The van der Waals surface area contributed by atoms with E-state index in [4.69, 9.17) is 0 Å². The van der Waals surface area contributed by atoms with E-state index >= 15 is 0 Å². The van der Waals surface area contributed by atoms with Gasteiger partial charge in [0.25, 0.3) is 0 Å². The number of hydrogen-bond donors (Lipinski definition) is 0. The van der Waals surface area contributed by atoms with Crippen molar-refractivity contribution < 1.29 is 4.79 Å². The molecular weight excluding hydrogens is 226 g/mol. The molecule has 104 valence electrons. The second-order valence-electron chi connectivity index (χ2n) is 5.44. The van der Waals surface area contributed by atoms with Crippen LogP contribution in [0.3, 0.4) is 0 Å². The molecule has 2 fully saturated rings. The van der Waals surface area contributed by atoms with Crippen LogP contribution in [0.15, 0.2) is 0 Å². The summed E-state index contributed by atoms with van der Waals surface area (Å²) in [6.45, 7) is 9.91. The maximum Gasteiger partial charge on any atom is 0.320 e. The van der Waals surface area contributed by atoms with Crippen LogP contribution in [0.2, 0.25) is 0 Å². The minimum atomic E-state index is 0.240. The first-order valence-corrected chi connectivity index (χ1v) is 7.54. The number of hydrogen-bond acceptors (Lipinski definition) is 2. The summed E-state index contributed by atoms with van der Waals surface area (Å²) in [6.07, 6.45) is 5.29. The monoisotopic (exact) mass is 253 g/mol. The van der Waals surface area contributed by atoms with Crippen LogP contribution in [0.25, 0.3) is 0 Å². The molecule has 2 rings (SSSR count). The number of rotatable bonds is 2. The van der Waals surface area contributed by atoms with Crippen molar-refractivity contribution in [2.24, 2.45) is 0 Å². The number of nitrogens with zero attached hydrogens (tertiary/aromatic N) is 3. The fraction of sp³-hybridized carbons (Fsp3) is 0.929. The Morgan fingerprint density at radius 3 is 2.61 bits per heavy atom. The van der Waals surface area contributed by atoms with E-state index in [9.17, 15) is 4.79 Å². The molecule has 2 heterocycles. The van der Waals surface area contributed by atoms with E-state index in [1.807, 2.05) is 4.90 Å². The third kappa shape index (κ3) is 2.97. The first-order chi connectivity index (χ1) is 8.76. The Morgan fingerprint density at radius 1 is 1.11 bits per heavy atom. The molecule has 0 bridgehead atoms. The minimum Gasteiger partial charge on any atom is -0.325 e. The van der Waals surface area contributed by atoms with E-state index < -0.39 is 0 Å². The summed E-state index contributed by atoms with van der Waals surface area (Å²) in [4.78, 5) is 19.0. The van der Waals surface area contributed by atoms with Gasteiger partial charge in [-0.1, -0.05) is 12.8 Å². The van der Waals surface area contributed by atoms with Crippen LogP contribution in [0.5, 0.6) is 0 Å². The molecule has 2 aliphatic heterocycles. The van der Waals surface area contributed by atoms with Crippen molar-refractivity contribution in [3.8, 4) is 0 Å². The van der Waals surface area contributed by atoms with Gasteiger partial charge in [-0.2, -0.15) is 0 Å². The molecule has 0 aromatic heterocycles. The quantitative estimate of drug-likeness (QED) is 0.752. The zero-order valence-corrected chi connectivity index (χ0v) is 11.9. The first-order valence-electron chi connectivity index (χ1n) is 7.54. The molecule has 2 aliphatic rings. The van der Waals surface area contributed by atoms with E-state index in [0.29, 0.717) is 6.04 Å². The van der Waals surface area contributed by atoms with Gasteiger partial charge in [0.2, 0.25) is 0 Å². The van der Waals surface area contributed by atoms with Crippen molar-refractivity contribution in [2.75, 3.05) is 39.3 Å². The van der Waals surface area contributed by atoms with Gasteiger partial charge < -0.3 is 9.80 Å². The van der Waals surface area contributed by atoms with E-state index in [2.05, 4.69) is 23.6 Å². The summed E-state index contributed by atoms with van der Waals surface area (Å²) in [5, 5.41) is 0. The van der Waals surface area contributed by atoms with Crippen LogP contribution < -0.4 is 0 Å². The molecule has 0 spiro atoms. The molecule has 0 aromatic carbocycles. The predicted molar refractivity (Wildman–Crippen MR) is 73.7 cm³/mol. The number of urea groups is 1. The highest BCUT2D eigenvalue weighted by atomic mass is 16.2. The fourth-order valence-electron chi connectivity index (χ4n) is 3.20. The van der Waals surface area contributed by atoms with Crippen LogP contribution >= 0.6 is 0 Å². The Labute approximate surface area is 111 Å². The summed E-state index contributed by atoms with van der Waals surface area (Å²) < 4.78 is 0. The molecule has 2 saturated heterocycles. The smallest absolute Gasteiger partial charge is 0.320 e. The third-order valence-electron chi connectivity index (χ3n) is 4.39. The highest BCUT2D eigenvalue weighted by Gasteiger charge is 2.31. The Balaban J connectivity index is 1.94. The standard InChI is InChI=1S/C14H27N3O/c1-3-15(4-2)14(18)17-11-10-16-9-7-5-6-8-13(16)12-17/h13H,3-12H2,1-2H3. The first kappa shape index (κ1) is 13.7. The van der Waals surface area contributed by atoms with Crippen molar-refractivity contribution in [3.05, 3.63) is 0 Å². The lowest BCUT2D eigenvalue weighted by Gasteiger charge is -2.42. The summed E-state index contributed by atoms with van der Waals surface area (Å²) in [5.41, 5.74) is 0. The van der Waals surface area contributed by atoms with Gasteiger partial charge in [-0.25, -0.2) is 4.79 Å².